The number of benzene rings is 5. The lowest BCUT2D eigenvalue weighted by molar-refractivity contribution is 0.799. The van der Waals surface area contributed by atoms with E-state index >= 15 is 0 Å². The molecule has 0 bridgehead atoms. The summed E-state index contributed by atoms with van der Waals surface area (Å²) >= 11 is 0. The van der Waals surface area contributed by atoms with Crippen LogP contribution in [0.4, 0.5) is 0 Å². The van der Waals surface area contributed by atoms with E-state index in [2.05, 4.69) is 114 Å². The van der Waals surface area contributed by atoms with Gasteiger partial charge in [0.05, 0.1) is 10.9 Å². The van der Waals surface area contributed by atoms with Crippen LogP contribution in [0.25, 0.3) is 44.1 Å². The number of hydrogen-bond donors (Lipinski definition) is 1. The zero-order valence-corrected chi connectivity index (χ0v) is 17.4. The minimum Gasteiger partial charge on any atom is -0.354 e. The number of aromatic nitrogens is 1. The highest BCUT2D eigenvalue weighted by atomic mass is 14.7. The molecule has 0 saturated heterocycles. The maximum Gasteiger partial charge on any atom is 0.0746 e. The number of fused-ring (bicyclic) bond motifs is 14. The van der Waals surface area contributed by atoms with E-state index in [1.807, 2.05) is 0 Å². The first-order valence-corrected chi connectivity index (χ1v) is 11.2. The fraction of sp³-hybridized carbons (Fsp3) is 0.0323. The predicted octanol–water partition coefficient (Wildman–Crippen LogP) is 7.66. The summed E-state index contributed by atoms with van der Waals surface area (Å²) in [5.41, 5.74) is 13.1. The average Bonchev–Trinajstić information content (AvgIpc) is 3.48. The van der Waals surface area contributed by atoms with E-state index in [-0.39, 0.29) is 5.41 Å². The van der Waals surface area contributed by atoms with Crippen LogP contribution < -0.4 is 0 Å². The van der Waals surface area contributed by atoms with Crippen LogP contribution in [0.3, 0.4) is 0 Å². The standard InChI is InChI=1S/C31H19N/c1-5-13-25-19(9-1)20-10-2-6-14-26(20)31(25)27-15-7-3-11-21(27)23-17-18-24-22-12-4-8-16-28(22)32-30(24)29(23)31/h1-18,32H. The number of para-hydroxylation sites is 1. The van der Waals surface area contributed by atoms with E-state index in [1.54, 1.807) is 0 Å². The average molecular weight is 406 g/mol. The zero-order chi connectivity index (χ0) is 20.9. The van der Waals surface area contributed by atoms with Crippen molar-refractivity contribution in [3.8, 4) is 22.3 Å². The second-order valence-corrected chi connectivity index (χ2v) is 8.97. The fourth-order valence-corrected chi connectivity index (χ4v) is 6.51. The van der Waals surface area contributed by atoms with Crippen molar-refractivity contribution in [2.24, 2.45) is 0 Å². The summed E-state index contributed by atoms with van der Waals surface area (Å²) in [4.78, 5) is 3.83. The van der Waals surface area contributed by atoms with Crippen LogP contribution in [0.2, 0.25) is 0 Å². The summed E-state index contributed by atoms with van der Waals surface area (Å²) in [6, 6.07) is 40.3. The summed E-state index contributed by atoms with van der Waals surface area (Å²) < 4.78 is 0. The third kappa shape index (κ3) is 1.71. The molecule has 1 spiro atoms. The highest BCUT2D eigenvalue weighted by Gasteiger charge is 2.52. The van der Waals surface area contributed by atoms with E-state index in [0.29, 0.717) is 0 Å². The van der Waals surface area contributed by atoms with Gasteiger partial charge in [0.1, 0.15) is 0 Å². The SMILES string of the molecule is c1ccc2c(c1)-c1ccccc1C21c2ccccc2-c2ccc3c([nH]c4ccccc43)c21. The van der Waals surface area contributed by atoms with Gasteiger partial charge < -0.3 is 4.98 Å². The van der Waals surface area contributed by atoms with E-state index in [1.165, 1.54) is 66.3 Å². The fourth-order valence-electron chi connectivity index (χ4n) is 6.51. The summed E-state index contributed by atoms with van der Waals surface area (Å²) in [5, 5.41) is 2.59. The van der Waals surface area contributed by atoms with E-state index in [0.717, 1.165) is 0 Å². The second-order valence-electron chi connectivity index (χ2n) is 8.97. The Kier molecular flexibility index (Phi) is 2.89. The molecule has 32 heavy (non-hydrogen) atoms. The Morgan fingerprint density at radius 3 is 1.62 bits per heavy atom. The Balaban J connectivity index is 1.66. The molecule has 2 aliphatic carbocycles. The molecule has 5 aromatic carbocycles. The Morgan fingerprint density at radius 2 is 0.969 bits per heavy atom. The van der Waals surface area contributed by atoms with Crippen molar-refractivity contribution in [2.75, 3.05) is 0 Å². The van der Waals surface area contributed by atoms with E-state index in [9.17, 15) is 0 Å². The molecule has 1 heterocycles. The molecule has 8 rings (SSSR count). The highest BCUT2D eigenvalue weighted by Crippen LogP contribution is 2.63. The molecule has 2 aliphatic rings. The Hall–Kier alpha value is -4.10. The molecule has 0 aliphatic heterocycles. The smallest absolute Gasteiger partial charge is 0.0746 e. The van der Waals surface area contributed by atoms with Crippen LogP contribution in [-0.2, 0) is 5.41 Å². The first-order valence-electron chi connectivity index (χ1n) is 11.2. The van der Waals surface area contributed by atoms with Crippen molar-refractivity contribution < 1.29 is 0 Å². The van der Waals surface area contributed by atoms with Gasteiger partial charge in [-0.3, -0.25) is 0 Å². The van der Waals surface area contributed by atoms with Crippen LogP contribution in [-0.4, -0.2) is 4.98 Å². The predicted molar refractivity (Wildman–Crippen MR) is 132 cm³/mol. The van der Waals surface area contributed by atoms with Gasteiger partial charge in [-0.15, -0.1) is 0 Å². The molecule has 1 N–H and O–H groups in total. The largest absolute Gasteiger partial charge is 0.354 e. The van der Waals surface area contributed by atoms with Crippen molar-refractivity contribution in [1.82, 2.24) is 4.98 Å². The number of H-pyrrole nitrogens is 1. The molecule has 6 aromatic rings. The van der Waals surface area contributed by atoms with E-state index in [4.69, 9.17) is 0 Å². The molecule has 0 radical (unpaired) electrons. The Bertz CT molecular complexity index is 1670. The minimum absolute atomic E-state index is 0.306. The molecule has 1 aromatic heterocycles. The molecular weight excluding hydrogens is 386 g/mol. The number of rotatable bonds is 0. The molecule has 1 heteroatoms. The minimum atomic E-state index is -0.306. The van der Waals surface area contributed by atoms with E-state index < -0.39 is 0 Å². The lowest BCUT2D eigenvalue weighted by atomic mass is 9.70. The van der Waals surface area contributed by atoms with Crippen LogP contribution in [0.15, 0.2) is 109 Å². The van der Waals surface area contributed by atoms with Crippen molar-refractivity contribution in [2.45, 2.75) is 5.41 Å². The number of aromatic amines is 1. The monoisotopic (exact) mass is 405 g/mol. The van der Waals surface area contributed by atoms with Gasteiger partial charge in [-0.2, -0.15) is 0 Å². The van der Waals surface area contributed by atoms with Gasteiger partial charge >= 0.3 is 0 Å². The molecule has 148 valence electrons. The summed E-state index contributed by atoms with van der Waals surface area (Å²) in [7, 11) is 0. The van der Waals surface area contributed by atoms with Crippen molar-refractivity contribution in [3.05, 3.63) is 131 Å². The second kappa shape index (κ2) is 5.57. The molecule has 0 amide bonds. The van der Waals surface area contributed by atoms with Gasteiger partial charge in [0.2, 0.25) is 0 Å². The first kappa shape index (κ1) is 16.6. The van der Waals surface area contributed by atoms with Crippen LogP contribution >= 0.6 is 0 Å². The Labute approximate surface area is 186 Å². The topological polar surface area (TPSA) is 15.8 Å². The molecular formula is C31H19N. The summed E-state index contributed by atoms with van der Waals surface area (Å²) in [5.74, 6) is 0. The van der Waals surface area contributed by atoms with Crippen molar-refractivity contribution in [1.29, 1.82) is 0 Å². The van der Waals surface area contributed by atoms with Crippen LogP contribution in [0.5, 0.6) is 0 Å². The van der Waals surface area contributed by atoms with Gasteiger partial charge in [0.15, 0.2) is 0 Å². The lowest BCUT2D eigenvalue weighted by Crippen LogP contribution is -2.26. The highest BCUT2D eigenvalue weighted by molar-refractivity contribution is 6.12. The maximum atomic E-state index is 3.83. The third-order valence-corrected chi connectivity index (χ3v) is 7.63. The van der Waals surface area contributed by atoms with Gasteiger partial charge in [-0.25, -0.2) is 0 Å². The van der Waals surface area contributed by atoms with Gasteiger partial charge in [-0.05, 0) is 45.0 Å². The van der Waals surface area contributed by atoms with Crippen LogP contribution in [0.1, 0.15) is 22.3 Å². The lowest BCUT2D eigenvalue weighted by Gasteiger charge is -2.30. The Morgan fingerprint density at radius 1 is 0.438 bits per heavy atom. The molecule has 0 fully saturated rings. The maximum absolute atomic E-state index is 3.83. The molecule has 0 unspecified atom stereocenters. The third-order valence-electron chi connectivity index (χ3n) is 7.63. The number of hydrogen-bond acceptors (Lipinski definition) is 0. The van der Waals surface area contributed by atoms with Crippen LogP contribution in [0, 0.1) is 0 Å². The van der Waals surface area contributed by atoms with Gasteiger partial charge in [0.25, 0.3) is 0 Å². The first-order chi connectivity index (χ1) is 15.9. The van der Waals surface area contributed by atoms with Crippen molar-refractivity contribution >= 4 is 21.8 Å². The summed E-state index contributed by atoms with van der Waals surface area (Å²) in [6.07, 6.45) is 0. The quantitative estimate of drug-likeness (QED) is 0.266. The molecule has 0 saturated carbocycles. The number of nitrogens with one attached hydrogen (secondary N) is 1. The molecule has 0 atom stereocenters. The van der Waals surface area contributed by atoms with Gasteiger partial charge in [-0.1, -0.05) is 103 Å². The van der Waals surface area contributed by atoms with Crippen molar-refractivity contribution in [3.63, 3.8) is 0 Å². The summed E-state index contributed by atoms with van der Waals surface area (Å²) in [6.45, 7) is 0. The van der Waals surface area contributed by atoms with Gasteiger partial charge in [0, 0.05) is 21.9 Å². The zero-order valence-electron chi connectivity index (χ0n) is 17.4. The molecule has 1 nitrogen and oxygen atoms in total. The normalized spacial score (nSPS) is 14.5.